The predicted octanol–water partition coefficient (Wildman–Crippen LogP) is 10.4. The molecule has 0 saturated carbocycles. The van der Waals surface area contributed by atoms with Crippen molar-refractivity contribution in [3.63, 3.8) is 0 Å². The molecule has 38 heavy (non-hydrogen) atoms. The molecule has 0 fully saturated rings. The smallest absolute Gasteiger partial charge is 0.305 e. The Morgan fingerprint density at radius 3 is 1.71 bits per heavy atom. The molecular weight excluding hydrogens is 607 g/mol. The van der Waals surface area contributed by atoms with E-state index in [4.69, 9.17) is 4.74 Å². The lowest BCUT2D eigenvalue weighted by Crippen LogP contribution is -2.41. The fourth-order valence-corrected chi connectivity index (χ4v) is 3.98. The standard InChI is InChI=1S/C29H50NO2.6ClH/c1-4-5-6-7-8-9-10-11-12-13-14-15-16-17-21-24-29(31)32-26-25-30(2,3)27-28-22-19-18-20-23-28;;;;;;/h11-12,18-20,22-23H,4-10,13-17,21,24-27H2,1-3H3;6*1H/q+1;;;;;;. The highest BCUT2D eigenvalue weighted by atomic mass is 35.5. The van der Waals surface area contributed by atoms with Crippen LogP contribution in [-0.4, -0.2) is 37.7 Å². The Labute approximate surface area is 271 Å². The Bertz CT molecular complexity index is 618. The number of unbranched alkanes of at least 4 members (excludes halogenated alkanes) is 11. The number of carbonyl (C=O) groups is 1. The van der Waals surface area contributed by atoms with Crippen molar-refractivity contribution in [2.75, 3.05) is 27.2 Å². The number of quaternary nitrogens is 1. The molecule has 0 atom stereocenters. The van der Waals surface area contributed by atoms with Crippen LogP contribution < -0.4 is 0 Å². The van der Waals surface area contributed by atoms with E-state index < -0.39 is 0 Å². The summed E-state index contributed by atoms with van der Waals surface area (Å²) in [6.45, 7) is 4.57. The summed E-state index contributed by atoms with van der Waals surface area (Å²) >= 11 is 0. The molecule has 1 aromatic carbocycles. The van der Waals surface area contributed by atoms with Crippen molar-refractivity contribution in [3.8, 4) is 0 Å². The van der Waals surface area contributed by atoms with E-state index in [0.29, 0.717) is 13.0 Å². The molecule has 0 amide bonds. The summed E-state index contributed by atoms with van der Waals surface area (Å²) < 4.78 is 6.30. The molecule has 230 valence electrons. The molecule has 0 saturated heterocycles. The van der Waals surface area contributed by atoms with Crippen LogP contribution in [0.25, 0.3) is 0 Å². The first kappa shape index (κ1) is 50.9. The number of ether oxygens (including phenoxy) is 1. The summed E-state index contributed by atoms with van der Waals surface area (Å²) in [5, 5.41) is 0. The van der Waals surface area contributed by atoms with E-state index in [1.807, 2.05) is 6.07 Å². The molecule has 0 bridgehead atoms. The van der Waals surface area contributed by atoms with Crippen molar-refractivity contribution in [3.05, 3.63) is 48.0 Å². The first-order valence-electron chi connectivity index (χ1n) is 13.2. The number of halogens is 6. The Kier molecular flexibility index (Phi) is 47.1. The molecule has 0 N–H and O–H groups in total. The molecule has 0 aromatic heterocycles. The highest BCUT2D eigenvalue weighted by Gasteiger charge is 2.16. The van der Waals surface area contributed by atoms with Crippen LogP contribution in [0.2, 0.25) is 0 Å². The Morgan fingerprint density at radius 1 is 0.711 bits per heavy atom. The molecule has 0 unspecified atom stereocenters. The predicted molar refractivity (Wildman–Crippen MR) is 181 cm³/mol. The first-order valence-corrected chi connectivity index (χ1v) is 13.2. The van der Waals surface area contributed by atoms with Crippen LogP contribution in [0.4, 0.5) is 0 Å². The van der Waals surface area contributed by atoms with Gasteiger partial charge >= 0.3 is 5.97 Å². The molecule has 0 aliphatic rings. The lowest BCUT2D eigenvalue weighted by molar-refractivity contribution is -0.903. The molecule has 0 radical (unpaired) electrons. The minimum atomic E-state index is -0.0395. The van der Waals surface area contributed by atoms with Gasteiger partial charge in [0.1, 0.15) is 19.7 Å². The van der Waals surface area contributed by atoms with Crippen molar-refractivity contribution in [2.24, 2.45) is 0 Å². The molecule has 1 rings (SSSR count). The van der Waals surface area contributed by atoms with Gasteiger partial charge < -0.3 is 9.22 Å². The molecule has 0 heterocycles. The molecular formula is C29H56Cl6NO2+. The summed E-state index contributed by atoms with van der Waals surface area (Å²) in [5.74, 6) is -0.0395. The van der Waals surface area contributed by atoms with Crippen LogP contribution in [-0.2, 0) is 16.1 Å². The fourth-order valence-electron chi connectivity index (χ4n) is 3.98. The molecule has 9 heteroatoms. The zero-order valence-corrected chi connectivity index (χ0v) is 28.7. The van der Waals surface area contributed by atoms with Crippen molar-refractivity contribution in [1.29, 1.82) is 0 Å². The fraction of sp³-hybridized carbons (Fsp3) is 0.690. The van der Waals surface area contributed by atoms with Gasteiger partial charge in [0.2, 0.25) is 0 Å². The van der Waals surface area contributed by atoms with Gasteiger partial charge in [0.05, 0.1) is 14.1 Å². The average Bonchev–Trinajstić information content (AvgIpc) is 2.76. The Balaban J connectivity index is -0.000000427. The topological polar surface area (TPSA) is 26.3 Å². The highest BCUT2D eigenvalue weighted by molar-refractivity contribution is 5.86. The van der Waals surface area contributed by atoms with E-state index in [1.54, 1.807) is 0 Å². The van der Waals surface area contributed by atoms with Crippen LogP contribution in [0.15, 0.2) is 42.5 Å². The molecule has 0 spiro atoms. The van der Waals surface area contributed by atoms with Gasteiger partial charge in [-0.1, -0.05) is 101 Å². The highest BCUT2D eigenvalue weighted by Crippen LogP contribution is 2.11. The molecule has 0 aliphatic carbocycles. The number of benzene rings is 1. The maximum Gasteiger partial charge on any atom is 0.305 e. The van der Waals surface area contributed by atoms with Gasteiger partial charge in [-0.25, -0.2) is 0 Å². The van der Waals surface area contributed by atoms with E-state index in [-0.39, 0.29) is 80.4 Å². The third kappa shape index (κ3) is 32.3. The number of hydrogen-bond donors (Lipinski definition) is 0. The van der Waals surface area contributed by atoms with Crippen LogP contribution in [0, 0.1) is 0 Å². The van der Waals surface area contributed by atoms with Crippen molar-refractivity contribution in [2.45, 2.75) is 103 Å². The molecule has 0 aliphatic heterocycles. The second-order valence-electron chi connectivity index (χ2n) is 9.86. The van der Waals surface area contributed by atoms with Gasteiger partial charge in [-0.2, -0.15) is 0 Å². The van der Waals surface area contributed by atoms with Crippen molar-refractivity contribution in [1.82, 2.24) is 0 Å². The number of allylic oxidation sites excluding steroid dienone is 2. The van der Waals surface area contributed by atoms with Gasteiger partial charge in [0, 0.05) is 12.0 Å². The third-order valence-electron chi connectivity index (χ3n) is 6.06. The van der Waals surface area contributed by atoms with Crippen LogP contribution in [0.1, 0.15) is 102 Å². The number of rotatable bonds is 20. The van der Waals surface area contributed by atoms with Crippen molar-refractivity contribution < 1.29 is 14.0 Å². The Morgan fingerprint density at radius 2 is 1.18 bits per heavy atom. The normalized spacial score (nSPS) is 9.97. The molecule has 3 nitrogen and oxygen atoms in total. The summed E-state index contributed by atoms with van der Waals surface area (Å²) in [6, 6.07) is 10.5. The van der Waals surface area contributed by atoms with E-state index >= 15 is 0 Å². The largest absolute Gasteiger partial charge is 0.460 e. The number of hydrogen-bond acceptors (Lipinski definition) is 2. The quantitative estimate of drug-likeness (QED) is 0.0601. The number of nitrogens with zero attached hydrogens (tertiary/aromatic N) is 1. The minimum Gasteiger partial charge on any atom is -0.460 e. The van der Waals surface area contributed by atoms with E-state index in [0.717, 1.165) is 30.4 Å². The van der Waals surface area contributed by atoms with Gasteiger partial charge in [0.15, 0.2) is 0 Å². The summed E-state index contributed by atoms with van der Waals surface area (Å²) in [4.78, 5) is 12.0. The Hall–Kier alpha value is 0.130. The SMILES string of the molecule is CCCCCCCCC=CCCCCCCCC(=O)OCC[N+](C)(C)Cc1ccccc1.Cl.Cl.Cl.Cl.Cl.Cl. The molecule has 1 aromatic rings. The summed E-state index contributed by atoms with van der Waals surface area (Å²) in [7, 11) is 4.37. The van der Waals surface area contributed by atoms with Crippen molar-refractivity contribution >= 4 is 80.4 Å². The van der Waals surface area contributed by atoms with Gasteiger partial charge in [-0.05, 0) is 32.1 Å². The van der Waals surface area contributed by atoms with Gasteiger partial charge in [-0.15, -0.1) is 74.4 Å². The summed E-state index contributed by atoms with van der Waals surface area (Å²) in [5.41, 5.74) is 1.32. The lowest BCUT2D eigenvalue weighted by atomic mass is 10.1. The van der Waals surface area contributed by atoms with Gasteiger partial charge in [-0.3, -0.25) is 4.79 Å². The van der Waals surface area contributed by atoms with Gasteiger partial charge in [0.25, 0.3) is 0 Å². The maximum atomic E-state index is 12.0. The van der Waals surface area contributed by atoms with E-state index in [2.05, 4.69) is 57.4 Å². The van der Waals surface area contributed by atoms with E-state index in [1.165, 1.54) is 76.2 Å². The van der Waals surface area contributed by atoms with E-state index in [9.17, 15) is 4.79 Å². The van der Waals surface area contributed by atoms with Crippen LogP contribution in [0.3, 0.4) is 0 Å². The minimum absolute atomic E-state index is 0. The lowest BCUT2D eigenvalue weighted by Gasteiger charge is -2.29. The average molecular weight is 663 g/mol. The summed E-state index contributed by atoms with van der Waals surface area (Å²) in [6.07, 6.45) is 21.9. The zero-order chi connectivity index (χ0) is 23.3. The number of esters is 1. The monoisotopic (exact) mass is 660 g/mol. The number of carbonyl (C=O) groups excluding carboxylic acids is 1. The second kappa shape index (κ2) is 35.2. The second-order valence-corrected chi connectivity index (χ2v) is 9.86. The first-order chi connectivity index (χ1) is 15.5. The van der Waals surface area contributed by atoms with Crippen LogP contribution >= 0.6 is 74.4 Å². The third-order valence-corrected chi connectivity index (χ3v) is 6.06. The maximum absolute atomic E-state index is 12.0. The zero-order valence-electron chi connectivity index (χ0n) is 23.8. The van der Waals surface area contributed by atoms with Crippen LogP contribution in [0.5, 0.6) is 0 Å². The number of likely N-dealkylation sites (N-methyl/N-ethyl adjacent to an activating group) is 1.